The van der Waals surface area contributed by atoms with Crippen LogP contribution in [0.4, 0.5) is 5.13 Å². The van der Waals surface area contributed by atoms with Gasteiger partial charge >= 0.3 is 0 Å². The Morgan fingerprint density at radius 2 is 2.25 bits per heavy atom. The molecule has 0 bridgehead atoms. The summed E-state index contributed by atoms with van der Waals surface area (Å²) < 4.78 is 0. The fourth-order valence-electron chi connectivity index (χ4n) is 1.59. The number of nitrogens with zero attached hydrogens (tertiary/aromatic N) is 4. The summed E-state index contributed by atoms with van der Waals surface area (Å²) in [5.41, 5.74) is 3.00. The van der Waals surface area contributed by atoms with E-state index in [4.69, 9.17) is 0 Å². The maximum absolute atomic E-state index is 12.2. The first kappa shape index (κ1) is 12.8. The number of hydrogen-bond donors (Lipinski definition) is 1. The van der Waals surface area contributed by atoms with E-state index in [2.05, 4.69) is 25.5 Å². The molecule has 3 heterocycles. The van der Waals surface area contributed by atoms with Crippen molar-refractivity contribution in [3.8, 4) is 10.7 Å². The van der Waals surface area contributed by atoms with Crippen molar-refractivity contribution in [2.45, 2.75) is 6.92 Å². The normalized spacial score (nSPS) is 10.4. The molecule has 0 atom stereocenters. The van der Waals surface area contributed by atoms with Gasteiger partial charge in [0.2, 0.25) is 5.13 Å². The smallest absolute Gasteiger partial charge is 0.269 e. The molecule has 3 aromatic heterocycles. The number of thiazole rings is 1. The largest absolute Gasteiger partial charge is 0.296 e. The van der Waals surface area contributed by atoms with Crippen molar-refractivity contribution >= 4 is 33.7 Å². The Kier molecular flexibility index (Phi) is 3.48. The molecule has 0 saturated heterocycles. The lowest BCUT2D eigenvalue weighted by Crippen LogP contribution is -2.11. The minimum Gasteiger partial charge on any atom is -0.296 e. The zero-order chi connectivity index (χ0) is 13.9. The highest BCUT2D eigenvalue weighted by atomic mass is 32.1. The zero-order valence-corrected chi connectivity index (χ0v) is 12.0. The molecule has 0 aromatic carbocycles. The van der Waals surface area contributed by atoms with Crippen LogP contribution in [0.1, 0.15) is 15.4 Å². The third-order valence-corrected chi connectivity index (χ3v) is 4.25. The van der Waals surface area contributed by atoms with Crippen molar-refractivity contribution in [1.29, 1.82) is 0 Å². The van der Waals surface area contributed by atoms with E-state index >= 15 is 0 Å². The van der Waals surface area contributed by atoms with Gasteiger partial charge in [0, 0.05) is 6.20 Å². The van der Waals surface area contributed by atoms with Gasteiger partial charge in [-0.3, -0.25) is 15.1 Å². The molecule has 0 unspecified atom stereocenters. The second kappa shape index (κ2) is 5.43. The molecule has 1 N–H and O–H groups in total. The number of rotatable bonds is 3. The Morgan fingerprint density at radius 1 is 1.35 bits per heavy atom. The van der Waals surface area contributed by atoms with E-state index in [1.54, 1.807) is 18.6 Å². The molecule has 0 saturated carbocycles. The zero-order valence-electron chi connectivity index (χ0n) is 10.4. The fourth-order valence-corrected chi connectivity index (χ4v) is 2.97. The number of carbonyl (C=O) groups is 1. The number of carbonyl (C=O) groups excluding carboxylic acids is 1. The first-order chi connectivity index (χ1) is 9.74. The van der Waals surface area contributed by atoms with Crippen LogP contribution in [-0.2, 0) is 0 Å². The molecule has 0 aliphatic heterocycles. The van der Waals surface area contributed by atoms with Gasteiger partial charge in [0.25, 0.3) is 5.91 Å². The molecule has 3 aromatic rings. The van der Waals surface area contributed by atoms with Gasteiger partial charge in [-0.25, -0.2) is 4.98 Å². The molecule has 3 rings (SSSR count). The first-order valence-electron chi connectivity index (χ1n) is 5.70. The lowest BCUT2D eigenvalue weighted by Gasteiger charge is -1.97. The number of pyridine rings is 1. The maximum Gasteiger partial charge on any atom is 0.269 e. The second-order valence-corrected chi connectivity index (χ2v) is 5.68. The number of hydrogen-bond acceptors (Lipinski definition) is 7. The van der Waals surface area contributed by atoms with E-state index in [1.807, 2.05) is 18.2 Å². The summed E-state index contributed by atoms with van der Waals surface area (Å²) in [6, 6.07) is 5.60. The van der Waals surface area contributed by atoms with Crippen LogP contribution in [0, 0.1) is 6.92 Å². The van der Waals surface area contributed by atoms with Crippen LogP contribution in [0.3, 0.4) is 0 Å². The number of amides is 1. The van der Waals surface area contributed by atoms with Crippen LogP contribution in [0.15, 0.2) is 29.9 Å². The summed E-state index contributed by atoms with van der Waals surface area (Å²) in [5.74, 6) is -0.223. The minimum absolute atomic E-state index is 0.223. The summed E-state index contributed by atoms with van der Waals surface area (Å²) in [6.45, 7) is 1.80. The lowest BCUT2D eigenvalue weighted by molar-refractivity contribution is 0.102. The molecule has 0 radical (unpaired) electrons. The van der Waals surface area contributed by atoms with Crippen molar-refractivity contribution in [3.05, 3.63) is 40.5 Å². The Bertz CT molecular complexity index is 724. The van der Waals surface area contributed by atoms with Gasteiger partial charge in [-0.2, -0.15) is 0 Å². The van der Waals surface area contributed by atoms with E-state index in [0.717, 1.165) is 10.7 Å². The van der Waals surface area contributed by atoms with Crippen LogP contribution in [-0.4, -0.2) is 26.1 Å². The Hall–Kier alpha value is -2.19. The predicted molar refractivity (Wildman–Crippen MR) is 77.9 cm³/mol. The van der Waals surface area contributed by atoms with Gasteiger partial charge in [-0.15, -0.1) is 21.5 Å². The van der Waals surface area contributed by atoms with E-state index in [1.165, 1.54) is 22.7 Å². The molecule has 20 heavy (non-hydrogen) atoms. The molecule has 8 heteroatoms. The summed E-state index contributed by atoms with van der Waals surface area (Å²) in [7, 11) is 0. The van der Waals surface area contributed by atoms with Crippen molar-refractivity contribution in [3.63, 3.8) is 0 Å². The monoisotopic (exact) mass is 303 g/mol. The quantitative estimate of drug-likeness (QED) is 0.804. The summed E-state index contributed by atoms with van der Waals surface area (Å²) in [4.78, 5) is 21.3. The van der Waals surface area contributed by atoms with Crippen LogP contribution in [0.2, 0.25) is 0 Å². The van der Waals surface area contributed by atoms with Gasteiger partial charge in [0.15, 0.2) is 0 Å². The molecule has 100 valence electrons. The van der Waals surface area contributed by atoms with Crippen molar-refractivity contribution in [2.75, 3.05) is 5.32 Å². The Balaban J connectivity index is 1.88. The maximum atomic E-state index is 12.2. The first-order valence-corrected chi connectivity index (χ1v) is 7.40. The van der Waals surface area contributed by atoms with Gasteiger partial charge in [0.1, 0.15) is 15.4 Å². The second-order valence-electron chi connectivity index (χ2n) is 3.85. The van der Waals surface area contributed by atoms with Crippen LogP contribution >= 0.6 is 22.7 Å². The lowest BCUT2D eigenvalue weighted by atomic mass is 10.3. The topological polar surface area (TPSA) is 80.7 Å². The highest BCUT2D eigenvalue weighted by Gasteiger charge is 2.17. The number of nitrogens with one attached hydrogen (secondary N) is 1. The summed E-state index contributed by atoms with van der Waals surface area (Å²) >= 11 is 2.59. The molecule has 0 aliphatic carbocycles. The van der Waals surface area contributed by atoms with Crippen molar-refractivity contribution in [1.82, 2.24) is 20.2 Å². The Morgan fingerprint density at radius 3 is 2.95 bits per heavy atom. The molecule has 0 aliphatic rings. The van der Waals surface area contributed by atoms with Crippen LogP contribution in [0.25, 0.3) is 10.7 Å². The number of anilines is 1. The van der Waals surface area contributed by atoms with Gasteiger partial charge in [-0.05, 0) is 19.1 Å². The van der Waals surface area contributed by atoms with Crippen molar-refractivity contribution in [2.24, 2.45) is 0 Å². The van der Waals surface area contributed by atoms with Gasteiger partial charge < -0.3 is 0 Å². The average Bonchev–Trinajstić information content (AvgIpc) is 3.09. The fraction of sp³-hybridized carbons (Fsp3) is 0.0833. The third kappa shape index (κ3) is 2.56. The Labute approximate surface area is 122 Å². The number of aryl methyl sites for hydroxylation is 1. The van der Waals surface area contributed by atoms with Gasteiger partial charge in [-0.1, -0.05) is 17.4 Å². The number of aromatic nitrogens is 4. The highest BCUT2D eigenvalue weighted by molar-refractivity contribution is 7.17. The van der Waals surface area contributed by atoms with E-state index < -0.39 is 0 Å². The molecule has 6 nitrogen and oxygen atoms in total. The minimum atomic E-state index is -0.223. The summed E-state index contributed by atoms with van der Waals surface area (Å²) in [5, 5.41) is 11.4. The predicted octanol–water partition coefficient (Wildman–Crippen LogP) is 2.62. The van der Waals surface area contributed by atoms with E-state index in [0.29, 0.717) is 15.7 Å². The molecular formula is C12H9N5OS2. The van der Waals surface area contributed by atoms with E-state index in [9.17, 15) is 4.79 Å². The molecule has 0 fully saturated rings. The standard InChI is InChI=1S/C12H9N5OS2/c1-7-9(10(18)16-12-17-14-6-19-12)20-11(15-7)8-4-2-3-5-13-8/h2-6H,1H3,(H,16,17,18). The van der Waals surface area contributed by atoms with Crippen LogP contribution in [0.5, 0.6) is 0 Å². The van der Waals surface area contributed by atoms with Crippen LogP contribution < -0.4 is 5.32 Å². The summed E-state index contributed by atoms with van der Waals surface area (Å²) in [6.07, 6.45) is 1.70. The molecule has 0 spiro atoms. The van der Waals surface area contributed by atoms with Crippen molar-refractivity contribution < 1.29 is 4.79 Å². The molecular weight excluding hydrogens is 294 g/mol. The van der Waals surface area contributed by atoms with Gasteiger partial charge in [0.05, 0.1) is 11.4 Å². The van der Waals surface area contributed by atoms with E-state index in [-0.39, 0.29) is 5.91 Å². The third-order valence-electron chi connectivity index (χ3n) is 2.47. The molecule has 1 amide bonds. The highest BCUT2D eigenvalue weighted by Crippen LogP contribution is 2.27. The average molecular weight is 303 g/mol. The SMILES string of the molecule is Cc1nc(-c2ccccn2)sc1C(=O)Nc1nncs1.